The fraction of sp³-hybridized carbons (Fsp3) is 0.333. The average Bonchev–Trinajstić information content (AvgIpc) is 2.61. The number of rotatable bonds is 3. The molecule has 0 aliphatic heterocycles. The summed E-state index contributed by atoms with van der Waals surface area (Å²) in [6.07, 6.45) is 0. The van der Waals surface area contributed by atoms with Crippen molar-refractivity contribution < 1.29 is 10.1 Å². The van der Waals surface area contributed by atoms with Gasteiger partial charge >= 0.3 is 0 Å². The topological polar surface area (TPSA) is 60.2 Å². The molecule has 14 heavy (non-hydrogen) atoms. The Labute approximate surface area is 80.8 Å². The molecule has 2 rings (SSSR count). The maximum absolute atomic E-state index is 8.35. The molecule has 74 valence electrons. The predicted molar refractivity (Wildman–Crippen MR) is 50.8 cm³/mol. The molecule has 5 nitrogen and oxygen atoms in total. The highest BCUT2D eigenvalue weighted by Gasteiger charge is 2.10. The van der Waals surface area contributed by atoms with Crippen LogP contribution in [0.5, 0.6) is 0 Å². The molecule has 0 spiro atoms. The Kier molecular flexibility index (Phi) is 2.43. The Morgan fingerprint density at radius 2 is 2.29 bits per heavy atom. The van der Waals surface area contributed by atoms with Crippen LogP contribution in [0.3, 0.4) is 0 Å². The van der Waals surface area contributed by atoms with Gasteiger partial charge in [0.1, 0.15) is 12.1 Å². The maximum Gasteiger partial charge on any atom is 0.113 e. The number of nitrogens with zero attached hydrogens (tertiary/aromatic N) is 3. The molecule has 0 aliphatic rings. The summed E-state index contributed by atoms with van der Waals surface area (Å²) < 4.78 is 1.73. The van der Waals surface area contributed by atoms with E-state index in [1.165, 1.54) is 0 Å². The Morgan fingerprint density at radius 1 is 1.50 bits per heavy atom. The third-order valence-electron chi connectivity index (χ3n) is 2.11. The summed E-state index contributed by atoms with van der Waals surface area (Å²) >= 11 is 0. The van der Waals surface area contributed by atoms with Gasteiger partial charge in [0.15, 0.2) is 0 Å². The molecule has 5 heteroatoms. The zero-order chi connectivity index (χ0) is 9.97. The normalized spacial score (nSPS) is 13.3. The average molecular weight is 193 g/mol. The summed E-state index contributed by atoms with van der Waals surface area (Å²) in [6, 6.07) is 7.63. The van der Waals surface area contributed by atoms with Crippen molar-refractivity contribution in [2.75, 3.05) is 6.61 Å². The summed E-state index contributed by atoms with van der Waals surface area (Å²) in [4.78, 5) is 4.09. The van der Waals surface area contributed by atoms with E-state index in [0.29, 0.717) is 0 Å². The molecule has 0 saturated carbocycles. The monoisotopic (exact) mass is 193 g/mol. The molecule has 0 bridgehead atoms. The van der Waals surface area contributed by atoms with E-state index < -0.39 is 0 Å². The minimum atomic E-state index is -0.0348. The van der Waals surface area contributed by atoms with E-state index >= 15 is 0 Å². The number of para-hydroxylation sites is 1. The van der Waals surface area contributed by atoms with Gasteiger partial charge in [-0.3, -0.25) is 5.26 Å². The van der Waals surface area contributed by atoms with Crippen LogP contribution in [-0.2, 0) is 4.89 Å². The zero-order valence-corrected chi connectivity index (χ0v) is 7.79. The number of aromatic nitrogens is 3. The van der Waals surface area contributed by atoms with Crippen molar-refractivity contribution in [3.8, 4) is 0 Å². The van der Waals surface area contributed by atoms with E-state index in [9.17, 15) is 0 Å². The lowest BCUT2D eigenvalue weighted by atomic mass is 10.3. The van der Waals surface area contributed by atoms with E-state index in [2.05, 4.69) is 15.2 Å². The first-order valence-electron chi connectivity index (χ1n) is 4.39. The highest BCUT2D eigenvalue weighted by molar-refractivity contribution is 5.73. The molecule has 0 amide bonds. The predicted octanol–water partition coefficient (Wildman–Crippen LogP) is 1.48. The Bertz CT molecular complexity index is 427. The third-order valence-corrected chi connectivity index (χ3v) is 2.11. The smallest absolute Gasteiger partial charge is 0.113 e. The van der Waals surface area contributed by atoms with Crippen molar-refractivity contribution >= 4 is 11.0 Å². The van der Waals surface area contributed by atoms with E-state index in [4.69, 9.17) is 5.26 Å². The Hall–Kier alpha value is -1.46. The van der Waals surface area contributed by atoms with Crippen LogP contribution >= 0.6 is 0 Å². The van der Waals surface area contributed by atoms with Crippen LogP contribution in [0.2, 0.25) is 0 Å². The second-order valence-electron chi connectivity index (χ2n) is 3.17. The lowest BCUT2D eigenvalue weighted by Gasteiger charge is -2.09. The third kappa shape index (κ3) is 1.47. The van der Waals surface area contributed by atoms with Crippen molar-refractivity contribution in [3.63, 3.8) is 0 Å². The molecular formula is C9H11N3O2. The van der Waals surface area contributed by atoms with Crippen LogP contribution in [0.1, 0.15) is 13.0 Å². The second-order valence-corrected chi connectivity index (χ2v) is 3.17. The molecule has 2 aromatic rings. The Morgan fingerprint density at radius 3 is 3.07 bits per heavy atom. The highest BCUT2D eigenvalue weighted by atomic mass is 17.1. The summed E-state index contributed by atoms with van der Waals surface area (Å²) in [7, 11) is 0. The fourth-order valence-electron chi connectivity index (χ4n) is 1.39. The lowest BCUT2D eigenvalue weighted by molar-refractivity contribution is -0.248. The minimum Gasteiger partial charge on any atom is -0.252 e. The molecule has 1 heterocycles. The van der Waals surface area contributed by atoms with Gasteiger partial charge in [0.2, 0.25) is 0 Å². The maximum atomic E-state index is 8.35. The van der Waals surface area contributed by atoms with Gasteiger partial charge in [-0.1, -0.05) is 17.3 Å². The zero-order valence-electron chi connectivity index (χ0n) is 7.79. The first-order valence-corrected chi connectivity index (χ1v) is 4.39. The largest absolute Gasteiger partial charge is 0.252 e. The van der Waals surface area contributed by atoms with Gasteiger partial charge in [-0.15, -0.1) is 5.10 Å². The van der Waals surface area contributed by atoms with Crippen LogP contribution < -0.4 is 0 Å². The molecule has 1 N–H and O–H groups in total. The number of benzene rings is 1. The SMILES string of the molecule is CC(COO)n1nnc2ccccc21. The lowest BCUT2D eigenvalue weighted by Crippen LogP contribution is -2.12. The van der Waals surface area contributed by atoms with Gasteiger partial charge in [-0.2, -0.15) is 0 Å². The van der Waals surface area contributed by atoms with E-state index in [-0.39, 0.29) is 12.6 Å². The molecular weight excluding hydrogens is 182 g/mol. The summed E-state index contributed by atoms with van der Waals surface area (Å²) in [6.45, 7) is 2.10. The molecule has 1 aromatic carbocycles. The first-order chi connectivity index (χ1) is 6.83. The van der Waals surface area contributed by atoms with Crippen molar-refractivity contribution in [2.45, 2.75) is 13.0 Å². The molecule has 1 aromatic heterocycles. The molecule has 0 radical (unpaired) electrons. The van der Waals surface area contributed by atoms with Crippen molar-refractivity contribution in [3.05, 3.63) is 24.3 Å². The van der Waals surface area contributed by atoms with Crippen molar-refractivity contribution in [1.29, 1.82) is 0 Å². The number of hydrogen-bond donors (Lipinski definition) is 1. The quantitative estimate of drug-likeness (QED) is 0.592. The van der Waals surface area contributed by atoms with Gasteiger partial charge in [-0.25, -0.2) is 9.57 Å². The first kappa shape index (κ1) is 9.11. The summed E-state index contributed by atoms with van der Waals surface area (Å²) in [5, 5.41) is 16.3. The van der Waals surface area contributed by atoms with Crippen LogP contribution in [0.15, 0.2) is 24.3 Å². The van der Waals surface area contributed by atoms with E-state index in [0.717, 1.165) is 11.0 Å². The fourth-order valence-corrected chi connectivity index (χ4v) is 1.39. The summed E-state index contributed by atoms with van der Waals surface area (Å²) in [5.74, 6) is 0. The van der Waals surface area contributed by atoms with Gasteiger partial charge in [0.25, 0.3) is 0 Å². The van der Waals surface area contributed by atoms with Crippen molar-refractivity contribution in [2.24, 2.45) is 0 Å². The van der Waals surface area contributed by atoms with Gasteiger partial charge < -0.3 is 0 Å². The van der Waals surface area contributed by atoms with Gasteiger partial charge in [-0.05, 0) is 19.1 Å². The molecule has 1 atom stereocenters. The Balaban J connectivity index is 2.42. The van der Waals surface area contributed by atoms with Gasteiger partial charge in [0.05, 0.1) is 11.6 Å². The van der Waals surface area contributed by atoms with Crippen LogP contribution in [0.4, 0.5) is 0 Å². The van der Waals surface area contributed by atoms with Crippen LogP contribution in [0.25, 0.3) is 11.0 Å². The van der Waals surface area contributed by atoms with E-state index in [1.807, 2.05) is 31.2 Å². The van der Waals surface area contributed by atoms with Gasteiger partial charge in [0, 0.05) is 0 Å². The van der Waals surface area contributed by atoms with E-state index in [1.54, 1.807) is 4.68 Å². The molecule has 0 fully saturated rings. The minimum absolute atomic E-state index is 0.0348. The second kappa shape index (κ2) is 3.73. The number of hydrogen-bond acceptors (Lipinski definition) is 4. The highest BCUT2D eigenvalue weighted by Crippen LogP contribution is 2.14. The summed E-state index contributed by atoms with van der Waals surface area (Å²) in [5.41, 5.74) is 1.79. The van der Waals surface area contributed by atoms with Crippen LogP contribution in [0, 0.1) is 0 Å². The molecule has 0 saturated heterocycles. The number of fused-ring (bicyclic) bond motifs is 1. The van der Waals surface area contributed by atoms with Crippen molar-refractivity contribution in [1.82, 2.24) is 15.0 Å². The van der Waals surface area contributed by atoms with Crippen LogP contribution in [-0.4, -0.2) is 26.9 Å². The standard InChI is InChI=1S/C9H11N3O2/c1-7(6-14-13)12-9-5-3-2-4-8(9)10-11-12/h2-5,7,13H,6H2,1H3. The molecule has 0 aliphatic carbocycles. The molecule has 1 unspecified atom stereocenters.